The molecule has 0 atom stereocenters. The van der Waals surface area contributed by atoms with Crippen molar-refractivity contribution in [1.82, 2.24) is 9.55 Å². The first-order valence-corrected chi connectivity index (χ1v) is 5.41. The predicted molar refractivity (Wildman–Crippen MR) is 66.3 cm³/mol. The molecule has 0 aliphatic rings. The molecule has 92 valence electrons. The van der Waals surface area contributed by atoms with Crippen LogP contribution in [0.1, 0.15) is 5.56 Å². The molecule has 2 aromatic rings. The lowest BCUT2D eigenvalue weighted by molar-refractivity contribution is -0.137. The van der Waals surface area contributed by atoms with Gasteiger partial charge in [0.15, 0.2) is 0 Å². The van der Waals surface area contributed by atoms with Gasteiger partial charge in [0.05, 0.1) is 12.0 Å². The minimum absolute atomic E-state index is 0.372. The first-order chi connectivity index (χ1) is 8.56. The van der Waals surface area contributed by atoms with Gasteiger partial charge in [-0.1, -0.05) is 29.8 Å². The van der Waals surface area contributed by atoms with Crippen LogP contribution in [0.15, 0.2) is 41.5 Å². The van der Waals surface area contributed by atoms with Crippen LogP contribution in [0.5, 0.6) is 0 Å². The highest BCUT2D eigenvalue weighted by molar-refractivity contribution is 5.66. The molecule has 0 bridgehead atoms. The Morgan fingerprint density at radius 3 is 2.56 bits per heavy atom. The Morgan fingerprint density at radius 2 is 2.00 bits per heavy atom. The predicted octanol–water partition coefficient (Wildman–Crippen LogP) is 1.30. The zero-order chi connectivity index (χ0) is 13.1. The van der Waals surface area contributed by atoms with Crippen LogP contribution in [-0.2, 0) is 11.3 Å². The molecule has 0 saturated carbocycles. The van der Waals surface area contributed by atoms with E-state index in [0.29, 0.717) is 5.69 Å². The van der Waals surface area contributed by atoms with Gasteiger partial charge in [-0.25, -0.2) is 4.98 Å². The molecule has 1 aromatic carbocycles. The lowest BCUT2D eigenvalue weighted by atomic mass is 10.1. The number of carboxylic acid groups (broad SMARTS) is 1. The van der Waals surface area contributed by atoms with Crippen molar-refractivity contribution in [1.29, 1.82) is 0 Å². The van der Waals surface area contributed by atoms with E-state index in [1.807, 2.05) is 31.2 Å². The van der Waals surface area contributed by atoms with Crippen LogP contribution in [0.2, 0.25) is 0 Å². The van der Waals surface area contributed by atoms with E-state index in [0.717, 1.165) is 15.7 Å². The number of carboxylic acids is 1. The maximum atomic E-state index is 11.7. The molecule has 0 amide bonds. The van der Waals surface area contributed by atoms with E-state index in [9.17, 15) is 9.59 Å². The van der Waals surface area contributed by atoms with Crippen LogP contribution >= 0.6 is 0 Å². The molecular weight excluding hydrogens is 232 g/mol. The first-order valence-electron chi connectivity index (χ1n) is 5.41. The van der Waals surface area contributed by atoms with E-state index in [-0.39, 0.29) is 12.1 Å². The number of carbonyl (C=O) groups is 1. The number of aromatic nitrogens is 2. The van der Waals surface area contributed by atoms with Gasteiger partial charge in [0.25, 0.3) is 5.56 Å². The Hall–Kier alpha value is -2.43. The molecule has 5 heteroatoms. The van der Waals surface area contributed by atoms with E-state index in [1.165, 1.54) is 12.4 Å². The first kappa shape index (κ1) is 12.0. The quantitative estimate of drug-likeness (QED) is 0.883. The molecule has 0 saturated heterocycles. The summed E-state index contributed by atoms with van der Waals surface area (Å²) >= 11 is 0. The summed E-state index contributed by atoms with van der Waals surface area (Å²) in [5.74, 6) is -1.07. The molecule has 1 N–H and O–H groups in total. The Kier molecular flexibility index (Phi) is 3.23. The minimum Gasteiger partial charge on any atom is -0.480 e. The standard InChI is InChI=1S/C13H12N2O3/c1-9-2-4-10(5-3-9)11-6-12(16)15(8-14-11)7-13(17)18/h2-6,8H,7H2,1H3,(H,17,18). The van der Waals surface area contributed by atoms with E-state index in [2.05, 4.69) is 4.98 Å². The molecule has 0 aliphatic heterocycles. The van der Waals surface area contributed by atoms with Crippen LogP contribution < -0.4 is 5.56 Å². The van der Waals surface area contributed by atoms with Crippen molar-refractivity contribution < 1.29 is 9.90 Å². The smallest absolute Gasteiger partial charge is 0.323 e. The zero-order valence-corrected chi connectivity index (χ0v) is 9.83. The Morgan fingerprint density at radius 1 is 1.33 bits per heavy atom. The Bertz CT molecular complexity index is 629. The maximum Gasteiger partial charge on any atom is 0.323 e. The number of hydrogen-bond acceptors (Lipinski definition) is 3. The summed E-state index contributed by atoms with van der Waals surface area (Å²) in [6.07, 6.45) is 1.26. The molecular formula is C13H12N2O3. The van der Waals surface area contributed by atoms with Gasteiger partial charge in [0, 0.05) is 11.6 Å². The fourth-order valence-corrected chi connectivity index (χ4v) is 1.57. The Labute approximate surface area is 103 Å². The monoisotopic (exact) mass is 244 g/mol. The topological polar surface area (TPSA) is 72.2 Å². The molecule has 2 rings (SSSR count). The van der Waals surface area contributed by atoms with E-state index in [1.54, 1.807) is 0 Å². The summed E-state index contributed by atoms with van der Waals surface area (Å²) in [6, 6.07) is 8.95. The van der Waals surface area contributed by atoms with Crippen molar-refractivity contribution >= 4 is 5.97 Å². The molecule has 0 radical (unpaired) electrons. The summed E-state index contributed by atoms with van der Waals surface area (Å²) in [4.78, 5) is 26.3. The summed E-state index contributed by atoms with van der Waals surface area (Å²) in [6.45, 7) is 1.60. The van der Waals surface area contributed by atoms with Crippen molar-refractivity contribution in [2.75, 3.05) is 0 Å². The lowest BCUT2D eigenvalue weighted by Crippen LogP contribution is -2.23. The number of benzene rings is 1. The number of aryl methyl sites for hydroxylation is 1. The maximum absolute atomic E-state index is 11.7. The van der Waals surface area contributed by atoms with Crippen molar-refractivity contribution in [3.63, 3.8) is 0 Å². The lowest BCUT2D eigenvalue weighted by Gasteiger charge is -2.04. The van der Waals surface area contributed by atoms with Crippen LogP contribution in [0.25, 0.3) is 11.3 Å². The summed E-state index contributed by atoms with van der Waals surface area (Å²) in [7, 11) is 0. The van der Waals surface area contributed by atoms with Crippen LogP contribution in [-0.4, -0.2) is 20.6 Å². The second-order valence-electron chi connectivity index (χ2n) is 4.00. The molecule has 0 fully saturated rings. The normalized spacial score (nSPS) is 10.3. The van der Waals surface area contributed by atoms with Gasteiger partial charge >= 0.3 is 5.97 Å². The SMILES string of the molecule is Cc1ccc(-c2cc(=O)n(CC(=O)O)cn2)cc1. The van der Waals surface area contributed by atoms with Crippen LogP contribution in [0.4, 0.5) is 0 Å². The summed E-state index contributed by atoms with van der Waals surface area (Å²) in [5.41, 5.74) is 2.13. The molecule has 1 heterocycles. The zero-order valence-electron chi connectivity index (χ0n) is 9.83. The molecule has 0 spiro atoms. The van der Waals surface area contributed by atoms with Gasteiger partial charge in [-0.2, -0.15) is 0 Å². The van der Waals surface area contributed by atoms with Crippen molar-refractivity contribution in [3.05, 3.63) is 52.6 Å². The second-order valence-corrected chi connectivity index (χ2v) is 4.00. The van der Waals surface area contributed by atoms with Gasteiger partial charge in [-0.05, 0) is 6.92 Å². The summed E-state index contributed by atoms with van der Waals surface area (Å²) in [5, 5.41) is 8.62. The minimum atomic E-state index is -1.07. The second kappa shape index (κ2) is 4.83. The van der Waals surface area contributed by atoms with E-state index in [4.69, 9.17) is 5.11 Å². The van der Waals surface area contributed by atoms with Gasteiger partial charge in [0.2, 0.25) is 0 Å². The van der Waals surface area contributed by atoms with Gasteiger partial charge in [-0.3, -0.25) is 14.2 Å². The van der Waals surface area contributed by atoms with Gasteiger partial charge < -0.3 is 5.11 Å². The van der Waals surface area contributed by atoms with Crippen LogP contribution in [0.3, 0.4) is 0 Å². The van der Waals surface area contributed by atoms with Crippen molar-refractivity contribution in [2.24, 2.45) is 0 Å². The molecule has 18 heavy (non-hydrogen) atoms. The fourth-order valence-electron chi connectivity index (χ4n) is 1.57. The number of aliphatic carboxylic acids is 1. The van der Waals surface area contributed by atoms with Crippen molar-refractivity contribution in [3.8, 4) is 11.3 Å². The highest BCUT2D eigenvalue weighted by Gasteiger charge is 2.05. The highest BCUT2D eigenvalue weighted by Crippen LogP contribution is 2.15. The molecule has 1 aromatic heterocycles. The third-order valence-electron chi connectivity index (χ3n) is 2.53. The highest BCUT2D eigenvalue weighted by atomic mass is 16.4. The molecule has 5 nitrogen and oxygen atoms in total. The largest absolute Gasteiger partial charge is 0.480 e. The number of nitrogens with zero attached hydrogens (tertiary/aromatic N) is 2. The van der Waals surface area contributed by atoms with Gasteiger partial charge in [-0.15, -0.1) is 0 Å². The third kappa shape index (κ3) is 2.63. The fraction of sp³-hybridized carbons (Fsp3) is 0.154. The van der Waals surface area contributed by atoms with E-state index >= 15 is 0 Å². The molecule has 0 unspecified atom stereocenters. The average molecular weight is 244 g/mol. The molecule has 0 aliphatic carbocycles. The third-order valence-corrected chi connectivity index (χ3v) is 2.53. The number of hydrogen-bond donors (Lipinski definition) is 1. The Balaban J connectivity index is 2.37. The average Bonchev–Trinajstić information content (AvgIpc) is 2.32. The van der Waals surface area contributed by atoms with E-state index < -0.39 is 5.97 Å². The number of rotatable bonds is 3. The summed E-state index contributed by atoms with van der Waals surface area (Å²) < 4.78 is 1.06. The van der Waals surface area contributed by atoms with Crippen molar-refractivity contribution in [2.45, 2.75) is 13.5 Å². The van der Waals surface area contributed by atoms with Gasteiger partial charge in [0.1, 0.15) is 6.54 Å². The van der Waals surface area contributed by atoms with Crippen LogP contribution in [0, 0.1) is 6.92 Å².